The second-order valence-electron chi connectivity index (χ2n) is 8.70. The molecule has 2 unspecified atom stereocenters. The highest BCUT2D eigenvalue weighted by Crippen LogP contribution is 2.49. The summed E-state index contributed by atoms with van der Waals surface area (Å²) >= 11 is 0. The third-order valence-electron chi connectivity index (χ3n) is 6.22. The smallest absolute Gasteiger partial charge is 0.177 e. The molecular formula is C15H36OSi3. The van der Waals surface area contributed by atoms with Crippen molar-refractivity contribution in [2.45, 2.75) is 96.9 Å². The predicted molar refractivity (Wildman–Crippen MR) is 95.5 cm³/mol. The normalized spacial score (nSPS) is 33.9. The van der Waals surface area contributed by atoms with Crippen molar-refractivity contribution in [2.24, 2.45) is 0 Å². The van der Waals surface area contributed by atoms with Crippen LogP contribution >= 0.6 is 0 Å². The molecule has 0 bridgehead atoms. The van der Waals surface area contributed by atoms with Crippen LogP contribution in [0.3, 0.4) is 0 Å². The van der Waals surface area contributed by atoms with Gasteiger partial charge in [0.15, 0.2) is 7.83 Å². The van der Waals surface area contributed by atoms with E-state index in [0.29, 0.717) is 0 Å². The molecular weight excluding hydrogens is 280 g/mol. The van der Waals surface area contributed by atoms with Crippen LogP contribution in [-0.2, 0) is 4.43 Å². The Morgan fingerprint density at radius 1 is 1.11 bits per heavy atom. The fourth-order valence-corrected chi connectivity index (χ4v) is 39.9. The van der Waals surface area contributed by atoms with Crippen molar-refractivity contribution in [2.75, 3.05) is 0 Å². The van der Waals surface area contributed by atoms with Crippen LogP contribution in [0.5, 0.6) is 0 Å². The molecule has 0 aromatic rings. The van der Waals surface area contributed by atoms with E-state index in [9.17, 15) is 0 Å². The Bertz CT molecular complexity index is 325. The second kappa shape index (κ2) is 5.43. The van der Waals surface area contributed by atoms with Crippen LogP contribution in [0.25, 0.3) is 0 Å². The molecule has 1 heterocycles. The number of hydrogen-bond donors (Lipinski definition) is 0. The van der Waals surface area contributed by atoms with Gasteiger partial charge in [0.1, 0.15) is 0 Å². The van der Waals surface area contributed by atoms with E-state index in [1.165, 1.54) is 25.3 Å². The molecule has 0 amide bonds. The van der Waals surface area contributed by atoms with E-state index < -0.39 is 22.5 Å². The van der Waals surface area contributed by atoms with E-state index in [4.69, 9.17) is 4.43 Å². The average Bonchev–Trinajstić information content (AvgIpc) is 2.21. The lowest BCUT2D eigenvalue weighted by atomic mass is 10.2. The monoisotopic (exact) mass is 316 g/mol. The van der Waals surface area contributed by atoms with E-state index >= 15 is 0 Å². The summed E-state index contributed by atoms with van der Waals surface area (Å²) in [6, 6.07) is 1.36. The highest BCUT2D eigenvalue weighted by molar-refractivity contribution is 7.68. The lowest BCUT2D eigenvalue weighted by Gasteiger charge is -2.60. The fourth-order valence-electron chi connectivity index (χ4n) is 4.20. The molecule has 0 spiro atoms. The Kier molecular flexibility index (Phi) is 5.05. The first kappa shape index (κ1) is 17.7. The van der Waals surface area contributed by atoms with E-state index in [1.54, 1.807) is 0 Å². The maximum Gasteiger partial charge on any atom is 0.177 e. The zero-order valence-corrected chi connectivity index (χ0v) is 17.8. The predicted octanol–water partition coefficient (Wildman–Crippen LogP) is 5.52. The zero-order valence-electron chi connectivity index (χ0n) is 14.8. The standard InChI is InChI=1S/C15H36OSi3/c1-10-11-12-14(2)19(9)16-15(3,4)13-17(5,6)18(19,7)8/h14H,10-13H2,1-9H3. The van der Waals surface area contributed by atoms with Crippen LogP contribution < -0.4 is 0 Å². The molecule has 1 saturated heterocycles. The van der Waals surface area contributed by atoms with Gasteiger partial charge in [-0.25, -0.2) is 0 Å². The summed E-state index contributed by atoms with van der Waals surface area (Å²) in [7, 11) is -3.91. The highest BCUT2D eigenvalue weighted by atomic mass is 29.6. The molecule has 1 aliphatic heterocycles. The van der Waals surface area contributed by atoms with Crippen LogP contribution in [0.15, 0.2) is 0 Å². The molecule has 1 nitrogen and oxygen atoms in total. The molecule has 0 radical (unpaired) electrons. The van der Waals surface area contributed by atoms with Gasteiger partial charge >= 0.3 is 0 Å². The number of unbranched alkanes of at least 4 members (excludes halogenated alkanes) is 1. The van der Waals surface area contributed by atoms with Crippen LogP contribution in [-0.4, -0.2) is 28.1 Å². The number of hydrogen-bond acceptors (Lipinski definition) is 1. The van der Waals surface area contributed by atoms with Gasteiger partial charge < -0.3 is 4.43 Å². The fraction of sp³-hybridized carbons (Fsp3) is 1.00. The summed E-state index contributed by atoms with van der Waals surface area (Å²) in [6.45, 7) is 22.8. The SMILES string of the molecule is CCCCC(C)[Si]1(C)OC(C)(C)C[Si](C)(C)[Si]1(C)C. The zero-order chi connectivity index (χ0) is 15.1. The highest BCUT2D eigenvalue weighted by Gasteiger charge is 2.64. The van der Waals surface area contributed by atoms with E-state index in [2.05, 4.69) is 60.4 Å². The molecule has 0 aromatic carbocycles. The van der Waals surface area contributed by atoms with Crippen LogP contribution in [0, 0.1) is 0 Å². The minimum Gasteiger partial charge on any atom is -0.415 e. The summed E-state index contributed by atoms with van der Waals surface area (Å²) in [6.07, 6.45) is 4.08. The molecule has 1 fully saturated rings. The van der Waals surface area contributed by atoms with E-state index in [1.807, 2.05) is 0 Å². The van der Waals surface area contributed by atoms with E-state index in [0.717, 1.165) is 5.54 Å². The Hall–Kier alpha value is 0.611. The van der Waals surface area contributed by atoms with Gasteiger partial charge in [-0.15, -0.1) is 0 Å². The van der Waals surface area contributed by atoms with Gasteiger partial charge in [-0.05, 0) is 32.0 Å². The second-order valence-corrected chi connectivity index (χ2v) is 35.5. The van der Waals surface area contributed by atoms with Crippen molar-refractivity contribution in [1.82, 2.24) is 0 Å². The van der Waals surface area contributed by atoms with Crippen molar-refractivity contribution in [3.05, 3.63) is 0 Å². The van der Waals surface area contributed by atoms with Crippen molar-refractivity contribution >= 4 is 22.5 Å². The van der Waals surface area contributed by atoms with Gasteiger partial charge in [0.2, 0.25) is 0 Å². The summed E-state index contributed by atoms with van der Waals surface area (Å²) < 4.78 is 6.91. The Balaban J connectivity index is 3.13. The molecule has 0 saturated carbocycles. The summed E-state index contributed by atoms with van der Waals surface area (Å²) in [5.41, 5.74) is 0.972. The van der Waals surface area contributed by atoms with Gasteiger partial charge in [-0.3, -0.25) is 0 Å². The molecule has 1 rings (SSSR count). The Morgan fingerprint density at radius 3 is 2.11 bits per heavy atom. The lowest BCUT2D eigenvalue weighted by Crippen LogP contribution is -2.79. The van der Waals surface area contributed by atoms with Gasteiger partial charge in [0, 0.05) is 13.2 Å². The topological polar surface area (TPSA) is 9.23 Å². The third kappa shape index (κ3) is 3.11. The van der Waals surface area contributed by atoms with Gasteiger partial charge in [0.05, 0.1) is 7.11 Å². The first-order chi connectivity index (χ1) is 8.40. The average molecular weight is 317 g/mol. The van der Waals surface area contributed by atoms with E-state index in [-0.39, 0.29) is 5.60 Å². The lowest BCUT2D eigenvalue weighted by molar-refractivity contribution is 0.116. The van der Waals surface area contributed by atoms with Crippen LogP contribution in [0.2, 0.25) is 44.3 Å². The Morgan fingerprint density at radius 2 is 1.63 bits per heavy atom. The molecule has 0 N–H and O–H groups in total. The summed E-state index contributed by atoms with van der Waals surface area (Å²) in [4.78, 5) is 0. The quantitative estimate of drug-likeness (QED) is 0.620. The Labute approximate surface area is 124 Å². The molecule has 4 heteroatoms. The van der Waals surface area contributed by atoms with Crippen molar-refractivity contribution in [3.8, 4) is 0 Å². The molecule has 19 heavy (non-hydrogen) atoms. The minimum absolute atomic E-state index is 0.139. The number of rotatable bonds is 4. The maximum absolute atomic E-state index is 6.91. The van der Waals surface area contributed by atoms with Crippen molar-refractivity contribution in [1.29, 1.82) is 0 Å². The van der Waals surface area contributed by atoms with Crippen LogP contribution in [0.1, 0.15) is 47.0 Å². The minimum atomic E-state index is -1.58. The van der Waals surface area contributed by atoms with Crippen molar-refractivity contribution < 1.29 is 4.43 Å². The molecule has 1 aliphatic rings. The maximum atomic E-state index is 6.91. The van der Waals surface area contributed by atoms with Gasteiger partial charge in [-0.2, -0.15) is 0 Å². The first-order valence-corrected chi connectivity index (χ1v) is 18.8. The summed E-state index contributed by atoms with van der Waals surface area (Å²) in [5.74, 6) is 0. The molecule has 2 atom stereocenters. The van der Waals surface area contributed by atoms with Gasteiger partial charge in [0.25, 0.3) is 0 Å². The third-order valence-corrected chi connectivity index (χ3v) is 47.4. The molecule has 0 aliphatic carbocycles. The van der Waals surface area contributed by atoms with Crippen LogP contribution in [0.4, 0.5) is 0 Å². The molecule has 114 valence electrons. The first-order valence-electron chi connectivity index (χ1n) is 8.10. The largest absolute Gasteiger partial charge is 0.415 e. The summed E-state index contributed by atoms with van der Waals surface area (Å²) in [5, 5.41) is 0. The van der Waals surface area contributed by atoms with Crippen molar-refractivity contribution in [3.63, 3.8) is 0 Å². The van der Waals surface area contributed by atoms with Gasteiger partial charge in [-0.1, -0.05) is 59.3 Å². The molecule has 0 aromatic heterocycles.